The molecule has 126 valence electrons. The minimum Gasteiger partial charge on any atom is -0.339 e. The first-order valence-electron chi connectivity index (χ1n) is 8.09. The fraction of sp³-hybridized carbons (Fsp3) is 0.786. The maximum absolute atomic E-state index is 12.3. The Morgan fingerprint density at radius 3 is 2.43 bits per heavy atom. The summed E-state index contributed by atoms with van der Waals surface area (Å²) < 4.78 is 1.87. The third-order valence-corrected chi connectivity index (χ3v) is 5.45. The molecule has 1 aliphatic heterocycles. The minimum absolute atomic E-state index is 0.0715. The number of rotatable bonds is 4. The van der Waals surface area contributed by atoms with E-state index in [-0.39, 0.29) is 11.8 Å². The average molecular weight is 338 g/mol. The van der Waals surface area contributed by atoms with Crippen LogP contribution in [0.1, 0.15) is 38.6 Å². The van der Waals surface area contributed by atoms with Crippen LogP contribution in [0.5, 0.6) is 0 Å². The van der Waals surface area contributed by atoms with E-state index in [9.17, 15) is 9.59 Å². The van der Waals surface area contributed by atoms with E-state index in [1.165, 1.54) is 24.6 Å². The average Bonchev–Trinajstić information content (AvgIpc) is 3.23. The molecule has 0 aromatic carbocycles. The van der Waals surface area contributed by atoms with E-state index in [1.54, 1.807) is 11.8 Å². The second-order valence-corrected chi connectivity index (χ2v) is 6.96. The number of tetrazole rings is 1. The predicted molar refractivity (Wildman–Crippen MR) is 84.9 cm³/mol. The first-order chi connectivity index (χ1) is 11.1. The second-order valence-electron chi connectivity index (χ2n) is 6.02. The van der Waals surface area contributed by atoms with Gasteiger partial charge in [0.25, 0.3) is 0 Å². The summed E-state index contributed by atoms with van der Waals surface area (Å²) in [4.78, 5) is 27.2. The number of amides is 2. The lowest BCUT2D eigenvalue weighted by atomic mass is 10.3. The summed E-state index contributed by atoms with van der Waals surface area (Å²) in [6.45, 7) is 4.01. The molecular weight excluding hydrogens is 316 g/mol. The lowest BCUT2D eigenvalue weighted by Gasteiger charge is -2.34. The van der Waals surface area contributed by atoms with Crippen molar-refractivity contribution in [1.82, 2.24) is 30.0 Å². The summed E-state index contributed by atoms with van der Waals surface area (Å²) in [6, 6.07) is 0.377. The molecule has 1 aromatic heterocycles. The van der Waals surface area contributed by atoms with Crippen LogP contribution < -0.4 is 0 Å². The second kappa shape index (κ2) is 7.29. The molecule has 9 heteroatoms. The minimum atomic E-state index is 0.0715. The molecule has 2 heterocycles. The first kappa shape index (κ1) is 16.2. The third kappa shape index (κ3) is 3.82. The Morgan fingerprint density at radius 2 is 1.78 bits per heavy atom. The molecule has 1 saturated carbocycles. The van der Waals surface area contributed by atoms with Gasteiger partial charge in [0.05, 0.1) is 11.8 Å². The summed E-state index contributed by atoms with van der Waals surface area (Å²) in [5.74, 6) is 0.495. The molecule has 2 fully saturated rings. The molecule has 0 unspecified atom stereocenters. The van der Waals surface area contributed by atoms with Crippen LogP contribution in [0.4, 0.5) is 0 Å². The van der Waals surface area contributed by atoms with Crippen LogP contribution in [0.3, 0.4) is 0 Å². The Kier molecular flexibility index (Phi) is 5.14. The van der Waals surface area contributed by atoms with E-state index < -0.39 is 0 Å². The number of hydrogen-bond acceptors (Lipinski definition) is 6. The zero-order valence-electron chi connectivity index (χ0n) is 13.3. The van der Waals surface area contributed by atoms with Crippen molar-refractivity contribution in [3.8, 4) is 0 Å². The topological polar surface area (TPSA) is 84.2 Å². The van der Waals surface area contributed by atoms with Gasteiger partial charge < -0.3 is 9.80 Å². The third-order valence-electron chi connectivity index (χ3n) is 4.54. The van der Waals surface area contributed by atoms with Crippen molar-refractivity contribution in [3.05, 3.63) is 0 Å². The molecule has 2 amide bonds. The number of piperazine rings is 1. The maximum atomic E-state index is 12.3. The van der Waals surface area contributed by atoms with Crippen LogP contribution in [-0.2, 0) is 9.59 Å². The fourth-order valence-corrected chi connectivity index (χ4v) is 3.99. The van der Waals surface area contributed by atoms with Crippen LogP contribution >= 0.6 is 11.8 Å². The van der Waals surface area contributed by atoms with Crippen LogP contribution in [-0.4, -0.2) is 73.8 Å². The Balaban J connectivity index is 1.50. The smallest absolute Gasteiger partial charge is 0.233 e. The summed E-state index contributed by atoms with van der Waals surface area (Å²) in [5, 5.41) is 12.6. The predicted octanol–water partition coefficient (Wildman–Crippen LogP) is 0.571. The van der Waals surface area contributed by atoms with Gasteiger partial charge in [0.15, 0.2) is 0 Å². The molecule has 0 bridgehead atoms. The highest BCUT2D eigenvalue weighted by Gasteiger charge is 2.25. The maximum Gasteiger partial charge on any atom is 0.233 e. The Morgan fingerprint density at radius 1 is 1.13 bits per heavy atom. The van der Waals surface area contributed by atoms with Gasteiger partial charge in [-0.15, -0.1) is 5.10 Å². The van der Waals surface area contributed by atoms with Crippen LogP contribution in [0.25, 0.3) is 0 Å². The summed E-state index contributed by atoms with van der Waals surface area (Å²) in [7, 11) is 0. The molecular formula is C14H22N6O2S. The highest BCUT2D eigenvalue weighted by Crippen LogP contribution is 2.31. The van der Waals surface area contributed by atoms with E-state index in [0.29, 0.717) is 38.0 Å². The van der Waals surface area contributed by atoms with E-state index in [1.807, 2.05) is 9.58 Å². The van der Waals surface area contributed by atoms with E-state index >= 15 is 0 Å². The van der Waals surface area contributed by atoms with Crippen molar-refractivity contribution in [1.29, 1.82) is 0 Å². The molecule has 1 aliphatic carbocycles. The van der Waals surface area contributed by atoms with Gasteiger partial charge in [0, 0.05) is 33.1 Å². The number of carbonyl (C=O) groups is 2. The quantitative estimate of drug-likeness (QED) is 0.746. The number of nitrogens with zero attached hydrogens (tertiary/aromatic N) is 6. The van der Waals surface area contributed by atoms with Crippen LogP contribution in [0.2, 0.25) is 0 Å². The molecule has 0 spiro atoms. The van der Waals surface area contributed by atoms with Gasteiger partial charge in [-0.05, 0) is 23.3 Å². The van der Waals surface area contributed by atoms with Gasteiger partial charge in [-0.2, -0.15) is 0 Å². The lowest BCUT2D eigenvalue weighted by molar-refractivity contribution is -0.136. The standard InChI is InChI=1S/C14H22N6O2S/c1-11(21)18-6-8-19(9-7-18)13(22)10-23-14-15-16-17-20(14)12-4-2-3-5-12/h12H,2-10H2,1H3. The van der Waals surface area contributed by atoms with Gasteiger partial charge >= 0.3 is 0 Å². The van der Waals surface area contributed by atoms with Crippen molar-refractivity contribution in [2.45, 2.75) is 43.8 Å². The zero-order valence-corrected chi connectivity index (χ0v) is 14.2. The fourth-order valence-electron chi connectivity index (χ4n) is 3.15. The SMILES string of the molecule is CC(=O)N1CCN(C(=O)CSc2nnnn2C2CCCC2)CC1. The van der Waals surface area contributed by atoms with Gasteiger partial charge in [-0.25, -0.2) is 4.68 Å². The van der Waals surface area contributed by atoms with Crippen molar-refractivity contribution >= 4 is 23.6 Å². The summed E-state index contributed by atoms with van der Waals surface area (Å²) in [6.07, 6.45) is 4.65. The Hall–Kier alpha value is -1.64. The summed E-state index contributed by atoms with van der Waals surface area (Å²) >= 11 is 1.40. The van der Waals surface area contributed by atoms with Gasteiger partial charge in [-0.3, -0.25) is 9.59 Å². The van der Waals surface area contributed by atoms with E-state index in [4.69, 9.17) is 0 Å². The van der Waals surface area contributed by atoms with Gasteiger partial charge in [0.1, 0.15) is 0 Å². The van der Waals surface area contributed by atoms with Crippen molar-refractivity contribution in [3.63, 3.8) is 0 Å². The molecule has 2 aliphatic rings. The normalized spacial score (nSPS) is 19.3. The molecule has 8 nitrogen and oxygen atoms in total. The highest BCUT2D eigenvalue weighted by molar-refractivity contribution is 7.99. The van der Waals surface area contributed by atoms with E-state index in [2.05, 4.69) is 15.5 Å². The Labute approximate surface area is 139 Å². The number of thioether (sulfide) groups is 1. The Bertz CT molecular complexity index is 563. The molecule has 23 heavy (non-hydrogen) atoms. The first-order valence-corrected chi connectivity index (χ1v) is 9.07. The molecule has 0 radical (unpaired) electrons. The molecule has 0 atom stereocenters. The van der Waals surface area contributed by atoms with Crippen molar-refractivity contribution in [2.24, 2.45) is 0 Å². The van der Waals surface area contributed by atoms with E-state index in [0.717, 1.165) is 18.0 Å². The largest absolute Gasteiger partial charge is 0.339 e. The van der Waals surface area contributed by atoms with Crippen LogP contribution in [0, 0.1) is 0 Å². The van der Waals surface area contributed by atoms with Gasteiger partial charge in [0.2, 0.25) is 17.0 Å². The molecule has 1 saturated heterocycles. The highest BCUT2D eigenvalue weighted by atomic mass is 32.2. The van der Waals surface area contributed by atoms with Crippen molar-refractivity contribution < 1.29 is 9.59 Å². The molecule has 3 rings (SSSR count). The molecule has 0 N–H and O–H groups in total. The number of aromatic nitrogens is 4. The van der Waals surface area contributed by atoms with Gasteiger partial charge in [-0.1, -0.05) is 24.6 Å². The van der Waals surface area contributed by atoms with Crippen molar-refractivity contribution in [2.75, 3.05) is 31.9 Å². The number of hydrogen-bond donors (Lipinski definition) is 0. The number of carbonyl (C=O) groups excluding carboxylic acids is 2. The zero-order chi connectivity index (χ0) is 16.2. The monoisotopic (exact) mass is 338 g/mol. The molecule has 1 aromatic rings. The van der Waals surface area contributed by atoms with Crippen LogP contribution in [0.15, 0.2) is 5.16 Å². The summed E-state index contributed by atoms with van der Waals surface area (Å²) in [5.41, 5.74) is 0. The lowest BCUT2D eigenvalue weighted by Crippen LogP contribution is -2.50.